The number of likely N-dealkylation sites (N-methyl/N-ethyl adjacent to an activating group) is 1. The van der Waals surface area contributed by atoms with Crippen molar-refractivity contribution in [2.75, 3.05) is 20.7 Å². The lowest BCUT2D eigenvalue weighted by Crippen LogP contribution is -2.31. The van der Waals surface area contributed by atoms with Crippen LogP contribution in [0.5, 0.6) is 5.75 Å². The van der Waals surface area contributed by atoms with Crippen molar-refractivity contribution in [3.05, 3.63) is 28.2 Å². The average Bonchev–Trinajstić information content (AvgIpc) is 2.28. The van der Waals surface area contributed by atoms with E-state index in [0.717, 1.165) is 10.2 Å². The number of methoxy groups -OCH3 is 1. The summed E-state index contributed by atoms with van der Waals surface area (Å²) in [5.41, 5.74) is 0.699. The van der Waals surface area contributed by atoms with Gasteiger partial charge in [-0.1, -0.05) is 0 Å². The van der Waals surface area contributed by atoms with Crippen LogP contribution in [0, 0.1) is 0 Å². The number of carbonyl (C=O) groups is 1. The van der Waals surface area contributed by atoms with Gasteiger partial charge in [0.05, 0.1) is 18.1 Å². The molecule has 0 unspecified atom stereocenters. The van der Waals surface area contributed by atoms with E-state index in [9.17, 15) is 4.79 Å². The summed E-state index contributed by atoms with van der Waals surface area (Å²) < 4.78 is 5.93. The van der Waals surface area contributed by atoms with Crippen LogP contribution < -0.4 is 4.74 Å². The summed E-state index contributed by atoms with van der Waals surface area (Å²) in [6.07, 6.45) is 0. The lowest BCUT2D eigenvalue weighted by Gasteiger charge is -2.20. The van der Waals surface area contributed by atoms with Crippen molar-refractivity contribution in [1.82, 2.24) is 4.90 Å². The highest BCUT2D eigenvalue weighted by Crippen LogP contribution is 2.25. The van der Waals surface area contributed by atoms with Crippen LogP contribution in [0.15, 0.2) is 22.7 Å². The fraction of sp³-hybridized carbons (Fsp3) is 0.462. The second-order valence-corrected chi connectivity index (χ2v) is 5.14. The van der Waals surface area contributed by atoms with Gasteiger partial charge in [-0.3, -0.25) is 9.69 Å². The van der Waals surface area contributed by atoms with Gasteiger partial charge >= 0.3 is 0 Å². The molecule has 0 aliphatic rings. The van der Waals surface area contributed by atoms with E-state index in [2.05, 4.69) is 29.8 Å². The number of Topliss-reactive ketones (excluding diaryl/α,β-unsaturated/α-hetero) is 1. The quantitative estimate of drug-likeness (QED) is 0.783. The minimum atomic E-state index is 0.115. The molecule has 0 heterocycles. The van der Waals surface area contributed by atoms with Crippen LogP contribution in [0.4, 0.5) is 0 Å². The Labute approximate surface area is 111 Å². The Morgan fingerprint density at radius 1 is 1.47 bits per heavy atom. The first-order valence-corrected chi connectivity index (χ1v) is 6.32. The van der Waals surface area contributed by atoms with Crippen LogP contribution in [0.1, 0.15) is 24.2 Å². The average molecular weight is 300 g/mol. The van der Waals surface area contributed by atoms with Crippen LogP contribution in [0.3, 0.4) is 0 Å². The molecule has 1 aromatic carbocycles. The van der Waals surface area contributed by atoms with Gasteiger partial charge in [-0.2, -0.15) is 0 Å². The molecule has 0 amide bonds. The Balaban J connectivity index is 2.80. The third-order valence-corrected chi connectivity index (χ3v) is 3.37. The maximum absolute atomic E-state index is 12.0. The van der Waals surface area contributed by atoms with Gasteiger partial charge in [-0.25, -0.2) is 0 Å². The van der Waals surface area contributed by atoms with Crippen molar-refractivity contribution in [2.24, 2.45) is 0 Å². The first-order chi connectivity index (χ1) is 7.95. The van der Waals surface area contributed by atoms with E-state index >= 15 is 0 Å². The largest absolute Gasteiger partial charge is 0.496 e. The summed E-state index contributed by atoms with van der Waals surface area (Å²) in [7, 11) is 3.55. The monoisotopic (exact) mass is 299 g/mol. The van der Waals surface area contributed by atoms with Crippen LogP contribution in [0.2, 0.25) is 0 Å². The number of ether oxygens (including phenoxy) is 1. The van der Waals surface area contributed by atoms with Gasteiger partial charge in [-0.15, -0.1) is 0 Å². The minimum absolute atomic E-state index is 0.115. The number of benzene rings is 1. The molecular weight excluding hydrogens is 282 g/mol. The molecule has 4 heteroatoms. The topological polar surface area (TPSA) is 29.5 Å². The summed E-state index contributed by atoms with van der Waals surface area (Å²) in [5, 5.41) is 0. The molecule has 0 N–H and O–H groups in total. The molecule has 0 aliphatic heterocycles. The number of ketones is 1. The molecule has 0 atom stereocenters. The van der Waals surface area contributed by atoms with Crippen LogP contribution in [0.25, 0.3) is 0 Å². The van der Waals surface area contributed by atoms with Gasteiger partial charge in [0.25, 0.3) is 0 Å². The zero-order valence-corrected chi connectivity index (χ0v) is 12.2. The maximum Gasteiger partial charge on any atom is 0.176 e. The predicted molar refractivity (Wildman–Crippen MR) is 72.8 cm³/mol. The Hall–Kier alpha value is -0.870. The Morgan fingerprint density at radius 2 is 2.12 bits per heavy atom. The van der Waals surface area contributed by atoms with Crippen molar-refractivity contribution in [3.8, 4) is 5.75 Å². The fourth-order valence-electron chi connectivity index (χ4n) is 1.34. The van der Waals surface area contributed by atoms with Crippen molar-refractivity contribution in [3.63, 3.8) is 0 Å². The molecule has 1 aromatic rings. The summed E-state index contributed by atoms with van der Waals surface area (Å²) in [6.45, 7) is 4.56. The van der Waals surface area contributed by atoms with Crippen molar-refractivity contribution in [1.29, 1.82) is 0 Å². The second-order valence-electron chi connectivity index (χ2n) is 4.28. The summed E-state index contributed by atoms with van der Waals surface area (Å²) >= 11 is 3.38. The standard InChI is InChI=1S/C13H18BrNO2/c1-9(2)15(3)8-12(16)10-5-6-13(17-4)11(14)7-10/h5-7,9H,8H2,1-4H3. The molecule has 17 heavy (non-hydrogen) atoms. The molecular formula is C13H18BrNO2. The van der Waals surface area contributed by atoms with Gasteiger partial charge in [0.1, 0.15) is 5.75 Å². The van der Waals surface area contributed by atoms with E-state index in [-0.39, 0.29) is 5.78 Å². The maximum atomic E-state index is 12.0. The molecule has 94 valence electrons. The lowest BCUT2D eigenvalue weighted by atomic mass is 10.1. The molecule has 0 fully saturated rings. The molecule has 0 spiro atoms. The summed E-state index contributed by atoms with van der Waals surface area (Å²) in [6, 6.07) is 5.75. The van der Waals surface area contributed by atoms with Gasteiger partial charge in [-0.05, 0) is 55.0 Å². The molecule has 3 nitrogen and oxygen atoms in total. The molecule has 0 saturated carbocycles. The Kier molecular flexibility index (Phi) is 5.15. The third kappa shape index (κ3) is 3.82. The Bertz CT molecular complexity index is 404. The molecule has 0 radical (unpaired) electrons. The summed E-state index contributed by atoms with van der Waals surface area (Å²) in [5.74, 6) is 0.850. The normalized spacial score (nSPS) is 11.0. The van der Waals surface area contributed by atoms with Gasteiger partial charge in [0, 0.05) is 11.6 Å². The Morgan fingerprint density at radius 3 is 2.59 bits per heavy atom. The zero-order valence-electron chi connectivity index (χ0n) is 10.7. The SMILES string of the molecule is COc1ccc(C(=O)CN(C)C(C)C)cc1Br. The van der Waals surface area contributed by atoms with E-state index in [1.165, 1.54) is 0 Å². The molecule has 0 aliphatic carbocycles. The van der Waals surface area contributed by atoms with E-state index in [1.54, 1.807) is 25.3 Å². The highest BCUT2D eigenvalue weighted by Gasteiger charge is 2.13. The number of rotatable bonds is 5. The molecule has 0 aromatic heterocycles. The lowest BCUT2D eigenvalue weighted by molar-refractivity contribution is 0.0929. The van der Waals surface area contributed by atoms with Gasteiger partial charge < -0.3 is 4.74 Å². The molecule has 0 bridgehead atoms. The predicted octanol–water partition coefficient (Wildman–Crippen LogP) is 2.98. The van der Waals surface area contributed by atoms with Crippen molar-refractivity contribution < 1.29 is 9.53 Å². The molecule has 1 rings (SSSR count). The van der Waals surface area contributed by atoms with Crippen molar-refractivity contribution in [2.45, 2.75) is 19.9 Å². The van der Waals surface area contributed by atoms with Crippen LogP contribution >= 0.6 is 15.9 Å². The number of hydrogen-bond acceptors (Lipinski definition) is 3. The van der Waals surface area contributed by atoms with Gasteiger partial charge in [0.2, 0.25) is 0 Å². The third-order valence-electron chi connectivity index (χ3n) is 2.75. The first kappa shape index (κ1) is 14.2. The van der Waals surface area contributed by atoms with E-state index in [0.29, 0.717) is 18.2 Å². The number of carbonyl (C=O) groups excluding carboxylic acids is 1. The fourth-order valence-corrected chi connectivity index (χ4v) is 1.88. The smallest absolute Gasteiger partial charge is 0.176 e. The molecule has 0 saturated heterocycles. The first-order valence-electron chi connectivity index (χ1n) is 5.52. The highest BCUT2D eigenvalue weighted by molar-refractivity contribution is 9.10. The minimum Gasteiger partial charge on any atom is -0.496 e. The van der Waals surface area contributed by atoms with E-state index in [4.69, 9.17) is 4.74 Å². The van der Waals surface area contributed by atoms with Crippen molar-refractivity contribution >= 4 is 21.7 Å². The number of hydrogen-bond donors (Lipinski definition) is 0. The highest BCUT2D eigenvalue weighted by atomic mass is 79.9. The van der Waals surface area contributed by atoms with E-state index in [1.807, 2.05) is 11.9 Å². The van der Waals surface area contributed by atoms with Gasteiger partial charge in [0.15, 0.2) is 5.78 Å². The zero-order chi connectivity index (χ0) is 13.0. The summed E-state index contributed by atoms with van der Waals surface area (Å²) in [4.78, 5) is 14.0. The number of halogens is 1. The van der Waals surface area contributed by atoms with Crippen LogP contribution in [-0.4, -0.2) is 37.4 Å². The van der Waals surface area contributed by atoms with Crippen LogP contribution in [-0.2, 0) is 0 Å². The number of nitrogens with zero attached hydrogens (tertiary/aromatic N) is 1. The van der Waals surface area contributed by atoms with E-state index < -0.39 is 0 Å². The second kappa shape index (κ2) is 6.17.